The minimum Gasteiger partial charge on any atom is -0.479 e. The summed E-state index contributed by atoms with van der Waals surface area (Å²) in [7, 11) is 0. The number of carbonyl (C=O) groups excluding carboxylic acids is 1. The maximum Gasteiger partial charge on any atom is 0.332 e. The lowest BCUT2D eigenvalue weighted by molar-refractivity contribution is -0.146. The lowest BCUT2D eigenvalue weighted by Gasteiger charge is -2.19. The summed E-state index contributed by atoms with van der Waals surface area (Å²) in [6.45, 7) is 3.36. The van der Waals surface area contributed by atoms with E-state index in [0.29, 0.717) is 0 Å². The normalized spacial score (nSPS) is 12.4. The van der Waals surface area contributed by atoms with Gasteiger partial charge in [-0.25, -0.2) is 9.59 Å². The van der Waals surface area contributed by atoms with Crippen LogP contribution < -0.4 is 10.6 Å². The number of aliphatic hydroxyl groups excluding tert-OH is 1. The second kappa shape index (κ2) is 5.98. The molecule has 0 aromatic rings. The van der Waals surface area contributed by atoms with Crippen molar-refractivity contribution < 1.29 is 19.8 Å². The number of carboxylic acids is 1. The van der Waals surface area contributed by atoms with Gasteiger partial charge in [0.15, 0.2) is 6.10 Å². The number of aliphatic carboxylic acids is 1. The van der Waals surface area contributed by atoms with Crippen LogP contribution in [0.3, 0.4) is 0 Å². The van der Waals surface area contributed by atoms with E-state index in [1.165, 1.54) is 0 Å². The monoisotopic (exact) mass is 228 g/mol. The Balaban J connectivity index is 3.84. The van der Waals surface area contributed by atoms with E-state index in [-0.39, 0.29) is 13.0 Å². The van der Waals surface area contributed by atoms with Crippen molar-refractivity contribution in [2.75, 3.05) is 6.54 Å². The lowest BCUT2D eigenvalue weighted by atomic mass is 10.1. The standard InChI is InChI=1S/C10H16N2O4/c1-4-10(2,3)12-9(16)11-6-5-7(13)8(14)15/h1,7,13H,5-6H2,2-3H3,(H,14,15)(H2,11,12,16). The van der Waals surface area contributed by atoms with Gasteiger partial charge in [-0.15, -0.1) is 6.42 Å². The van der Waals surface area contributed by atoms with Crippen molar-refractivity contribution in [2.24, 2.45) is 0 Å². The van der Waals surface area contributed by atoms with Gasteiger partial charge in [0.05, 0.1) is 5.54 Å². The Kier molecular flexibility index (Phi) is 5.33. The second-order valence-electron chi connectivity index (χ2n) is 3.79. The molecular formula is C10H16N2O4. The van der Waals surface area contributed by atoms with Gasteiger partial charge in [0.2, 0.25) is 0 Å². The summed E-state index contributed by atoms with van der Waals surface area (Å²) in [6.07, 6.45) is 3.63. The van der Waals surface area contributed by atoms with Crippen LogP contribution in [-0.4, -0.2) is 40.4 Å². The second-order valence-corrected chi connectivity index (χ2v) is 3.79. The third-order valence-electron chi connectivity index (χ3n) is 1.78. The van der Waals surface area contributed by atoms with Crippen molar-refractivity contribution in [3.8, 4) is 12.3 Å². The molecule has 0 aliphatic heterocycles. The molecule has 6 heteroatoms. The van der Waals surface area contributed by atoms with Gasteiger partial charge >= 0.3 is 12.0 Å². The zero-order valence-corrected chi connectivity index (χ0v) is 9.28. The van der Waals surface area contributed by atoms with Gasteiger partial charge in [-0.05, 0) is 13.8 Å². The highest BCUT2D eigenvalue weighted by Gasteiger charge is 2.17. The van der Waals surface area contributed by atoms with Crippen LogP contribution in [0.25, 0.3) is 0 Å². The van der Waals surface area contributed by atoms with Crippen LogP contribution in [0.2, 0.25) is 0 Å². The summed E-state index contributed by atoms with van der Waals surface area (Å²) in [5, 5.41) is 22.2. The molecule has 0 rings (SSSR count). The zero-order chi connectivity index (χ0) is 12.8. The molecule has 4 N–H and O–H groups in total. The fourth-order valence-electron chi connectivity index (χ4n) is 0.810. The Morgan fingerprint density at radius 1 is 1.50 bits per heavy atom. The first-order valence-corrected chi connectivity index (χ1v) is 4.73. The summed E-state index contributed by atoms with van der Waals surface area (Å²) in [4.78, 5) is 21.5. The summed E-state index contributed by atoms with van der Waals surface area (Å²) in [5.41, 5.74) is -0.768. The van der Waals surface area contributed by atoms with Crippen LogP contribution in [0, 0.1) is 12.3 Å². The number of rotatable bonds is 5. The molecule has 1 atom stereocenters. The molecule has 0 fully saturated rings. The van der Waals surface area contributed by atoms with Crippen LogP contribution >= 0.6 is 0 Å². The van der Waals surface area contributed by atoms with Gasteiger partial charge in [-0.2, -0.15) is 0 Å². The molecule has 6 nitrogen and oxygen atoms in total. The molecule has 1 unspecified atom stereocenters. The van der Waals surface area contributed by atoms with E-state index in [0.717, 1.165) is 0 Å². The van der Waals surface area contributed by atoms with Crippen LogP contribution in [0.4, 0.5) is 4.79 Å². The quantitative estimate of drug-likeness (QED) is 0.478. The van der Waals surface area contributed by atoms with Crippen molar-refractivity contribution in [1.29, 1.82) is 0 Å². The summed E-state index contributed by atoms with van der Waals surface area (Å²) >= 11 is 0. The van der Waals surface area contributed by atoms with Gasteiger partial charge in [0.25, 0.3) is 0 Å². The van der Waals surface area contributed by atoms with Gasteiger partial charge in [0.1, 0.15) is 0 Å². The van der Waals surface area contributed by atoms with Crippen LogP contribution in [-0.2, 0) is 4.79 Å². The Bertz CT molecular complexity index is 306. The fraction of sp³-hybridized carbons (Fsp3) is 0.600. The first-order valence-electron chi connectivity index (χ1n) is 4.73. The van der Waals surface area contributed by atoms with Gasteiger partial charge in [0, 0.05) is 13.0 Å². The molecular weight excluding hydrogens is 212 g/mol. The molecule has 0 bridgehead atoms. The number of carbonyl (C=O) groups is 2. The Morgan fingerprint density at radius 3 is 2.50 bits per heavy atom. The molecule has 0 saturated carbocycles. The average Bonchev–Trinajstić information content (AvgIpc) is 2.16. The van der Waals surface area contributed by atoms with E-state index in [1.54, 1.807) is 13.8 Å². The highest BCUT2D eigenvalue weighted by molar-refractivity contribution is 5.75. The number of hydrogen-bond acceptors (Lipinski definition) is 3. The largest absolute Gasteiger partial charge is 0.479 e. The number of terminal acetylenes is 1. The molecule has 0 aromatic carbocycles. The molecule has 0 radical (unpaired) electrons. The van der Waals surface area contributed by atoms with E-state index >= 15 is 0 Å². The minimum absolute atomic E-state index is 0.0555. The molecule has 0 aromatic heterocycles. The predicted molar refractivity (Wildman–Crippen MR) is 57.7 cm³/mol. The number of nitrogens with one attached hydrogen (secondary N) is 2. The third kappa shape index (κ3) is 5.88. The van der Waals surface area contributed by atoms with Gasteiger partial charge in [-0.1, -0.05) is 5.92 Å². The van der Waals surface area contributed by atoms with E-state index in [9.17, 15) is 9.59 Å². The fourth-order valence-corrected chi connectivity index (χ4v) is 0.810. The van der Waals surface area contributed by atoms with E-state index in [4.69, 9.17) is 16.6 Å². The van der Waals surface area contributed by atoms with Crippen molar-refractivity contribution in [3.63, 3.8) is 0 Å². The average molecular weight is 228 g/mol. The Hall–Kier alpha value is -1.74. The molecule has 0 aliphatic carbocycles. The van der Waals surface area contributed by atoms with Crippen molar-refractivity contribution in [3.05, 3.63) is 0 Å². The molecule has 16 heavy (non-hydrogen) atoms. The zero-order valence-electron chi connectivity index (χ0n) is 9.28. The van der Waals surface area contributed by atoms with Crippen molar-refractivity contribution in [1.82, 2.24) is 10.6 Å². The van der Waals surface area contributed by atoms with Gasteiger partial charge in [-0.3, -0.25) is 0 Å². The van der Waals surface area contributed by atoms with Gasteiger partial charge < -0.3 is 20.8 Å². The molecule has 90 valence electrons. The highest BCUT2D eigenvalue weighted by atomic mass is 16.4. The van der Waals surface area contributed by atoms with E-state index < -0.39 is 23.6 Å². The molecule has 0 saturated heterocycles. The Labute approximate surface area is 94.0 Å². The Morgan fingerprint density at radius 2 is 2.06 bits per heavy atom. The maximum atomic E-state index is 11.2. The van der Waals surface area contributed by atoms with E-state index in [1.807, 2.05) is 0 Å². The first kappa shape index (κ1) is 14.3. The third-order valence-corrected chi connectivity index (χ3v) is 1.78. The van der Waals surface area contributed by atoms with Crippen LogP contribution in [0.1, 0.15) is 20.3 Å². The van der Waals surface area contributed by atoms with Crippen LogP contribution in [0.15, 0.2) is 0 Å². The highest BCUT2D eigenvalue weighted by Crippen LogP contribution is 1.97. The minimum atomic E-state index is -1.47. The number of urea groups is 1. The smallest absolute Gasteiger partial charge is 0.332 e. The first-order chi connectivity index (χ1) is 7.28. The maximum absolute atomic E-state index is 11.2. The number of carboxylic acid groups (broad SMARTS) is 1. The topological polar surface area (TPSA) is 98.7 Å². The molecule has 0 aliphatic rings. The van der Waals surface area contributed by atoms with Crippen molar-refractivity contribution in [2.45, 2.75) is 31.9 Å². The lowest BCUT2D eigenvalue weighted by Crippen LogP contribution is -2.48. The number of amides is 2. The summed E-state index contributed by atoms with van der Waals surface area (Å²) in [6, 6.07) is -0.500. The SMILES string of the molecule is C#CC(C)(C)NC(=O)NCCC(O)C(=O)O. The predicted octanol–water partition coefficient (Wildman–Crippen LogP) is -0.467. The summed E-state index contributed by atoms with van der Waals surface area (Å²) in [5.74, 6) is 1.06. The number of aliphatic hydroxyl groups is 1. The summed E-state index contributed by atoms with van der Waals surface area (Å²) < 4.78 is 0. The number of hydrogen-bond donors (Lipinski definition) is 4. The molecule has 0 heterocycles. The van der Waals surface area contributed by atoms with Crippen molar-refractivity contribution >= 4 is 12.0 Å². The molecule has 2 amide bonds. The van der Waals surface area contributed by atoms with Crippen LogP contribution in [0.5, 0.6) is 0 Å². The van der Waals surface area contributed by atoms with E-state index in [2.05, 4.69) is 16.6 Å². The molecule has 0 spiro atoms.